The van der Waals surface area contributed by atoms with E-state index in [1.165, 1.54) is 0 Å². The van der Waals surface area contributed by atoms with Crippen LogP contribution in [0, 0.1) is 5.41 Å². The van der Waals surface area contributed by atoms with Gasteiger partial charge in [0.25, 0.3) is 0 Å². The lowest BCUT2D eigenvalue weighted by molar-refractivity contribution is -0.193. The summed E-state index contributed by atoms with van der Waals surface area (Å²) < 4.78 is 101. The minimum Gasteiger partial charge on any atom is -0.475 e. The molecule has 2 aromatic rings. The van der Waals surface area contributed by atoms with Gasteiger partial charge in [0, 0.05) is 50.5 Å². The Morgan fingerprint density at radius 3 is 1.67 bits per heavy atom. The van der Waals surface area contributed by atoms with Gasteiger partial charge in [-0.05, 0) is 30.7 Å². The molecule has 0 radical (unpaired) electrons. The van der Waals surface area contributed by atoms with Crippen LogP contribution in [0.2, 0.25) is 0 Å². The van der Waals surface area contributed by atoms with Crippen molar-refractivity contribution in [2.24, 2.45) is 5.41 Å². The number of rotatable bonds is 3. The second kappa shape index (κ2) is 16.8. The highest BCUT2D eigenvalue weighted by atomic mass is 19.4. The summed E-state index contributed by atoms with van der Waals surface area (Å²) in [6.45, 7) is 6.65. The van der Waals surface area contributed by atoms with Crippen LogP contribution in [0.5, 0.6) is 0 Å². The van der Waals surface area contributed by atoms with Crippen molar-refractivity contribution in [1.29, 1.82) is 0 Å². The maximum absolute atomic E-state index is 10.6. The number of ether oxygens (including phenoxy) is 1. The number of carboxylic acid groups (broad SMARTS) is 3. The highest BCUT2D eigenvalue weighted by Crippen LogP contribution is 2.35. The molecule has 1 spiro atoms. The van der Waals surface area contributed by atoms with Gasteiger partial charge in [0.15, 0.2) is 0 Å². The Labute approximate surface area is 248 Å². The van der Waals surface area contributed by atoms with Crippen LogP contribution in [0.1, 0.15) is 12.1 Å². The fraction of sp³-hybridized carbons (Fsp3) is 0.480. The molecular weight excluding hydrogens is 639 g/mol. The zero-order valence-electron chi connectivity index (χ0n) is 22.9. The minimum atomic E-state index is -5.08. The number of alkyl halides is 9. The van der Waals surface area contributed by atoms with Crippen molar-refractivity contribution in [3.63, 3.8) is 0 Å². The molecule has 2 aliphatic rings. The largest absolute Gasteiger partial charge is 0.490 e. The van der Waals surface area contributed by atoms with E-state index >= 15 is 0 Å². The van der Waals surface area contributed by atoms with Gasteiger partial charge in [-0.15, -0.1) is 0 Å². The van der Waals surface area contributed by atoms with Gasteiger partial charge in [-0.3, -0.25) is 9.88 Å². The first-order valence-corrected chi connectivity index (χ1v) is 12.4. The first kappa shape index (κ1) is 38.8. The minimum absolute atomic E-state index is 0.197. The van der Waals surface area contributed by atoms with Gasteiger partial charge >= 0.3 is 36.4 Å². The summed E-state index contributed by atoms with van der Waals surface area (Å²) in [5.41, 5.74) is 1.33. The average molecular weight is 666 g/mol. The predicted octanol–water partition coefficient (Wildman–Crippen LogP) is 4.11. The number of halogens is 9. The summed E-state index contributed by atoms with van der Waals surface area (Å²) in [5.74, 6) is -7.19. The lowest BCUT2D eigenvalue weighted by Gasteiger charge is -2.31. The molecular formula is C25H27F9N4O7. The Morgan fingerprint density at radius 1 is 0.756 bits per heavy atom. The third-order valence-electron chi connectivity index (χ3n) is 5.77. The lowest BCUT2D eigenvalue weighted by Crippen LogP contribution is -2.40. The van der Waals surface area contributed by atoms with E-state index in [2.05, 4.69) is 44.0 Å². The molecule has 4 heterocycles. The van der Waals surface area contributed by atoms with Crippen LogP contribution in [0.3, 0.4) is 0 Å². The van der Waals surface area contributed by atoms with Crippen molar-refractivity contribution in [3.8, 4) is 0 Å². The highest BCUT2D eigenvalue weighted by molar-refractivity contribution is 5.73. The second-order valence-electron chi connectivity index (χ2n) is 9.35. The first-order chi connectivity index (χ1) is 20.7. The molecule has 3 N–H and O–H groups in total. The molecule has 2 saturated heterocycles. The van der Waals surface area contributed by atoms with E-state index in [0.29, 0.717) is 0 Å². The Hall–Kier alpha value is -4.20. The molecule has 2 aliphatic heterocycles. The van der Waals surface area contributed by atoms with E-state index in [1.807, 2.05) is 24.5 Å². The molecule has 4 rings (SSSR count). The lowest BCUT2D eigenvalue weighted by atomic mass is 9.87. The third-order valence-corrected chi connectivity index (χ3v) is 5.77. The third kappa shape index (κ3) is 14.9. The van der Waals surface area contributed by atoms with Crippen LogP contribution in [0.4, 0.5) is 45.3 Å². The summed E-state index contributed by atoms with van der Waals surface area (Å²) in [6.07, 6.45) is -10.3. The molecule has 0 bridgehead atoms. The Bertz CT molecular complexity index is 1160. The fourth-order valence-corrected chi connectivity index (χ4v) is 3.86. The van der Waals surface area contributed by atoms with Crippen LogP contribution in [-0.4, -0.2) is 106 Å². The van der Waals surface area contributed by atoms with E-state index in [0.717, 1.165) is 63.9 Å². The Morgan fingerprint density at radius 2 is 1.24 bits per heavy atom. The van der Waals surface area contributed by atoms with Crippen LogP contribution in [0.15, 0.2) is 48.8 Å². The van der Waals surface area contributed by atoms with Crippen molar-refractivity contribution >= 4 is 23.7 Å². The monoisotopic (exact) mass is 666 g/mol. The first-order valence-electron chi connectivity index (χ1n) is 12.4. The molecule has 0 saturated carbocycles. The Kier molecular flexibility index (Phi) is 14.5. The van der Waals surface area contributed by atoms with Gasteiger partial charge in [-0.2, -0.15) is 39.5 Å². The zero-order chi connectivity index (χ0) is 34.5. The van der Waals surface area contributed by atoms with E-state index < -0.39 is 36.4 Å². The summed E-state index contributed by atoms with van der Waals surface area (Å²) >= 11 is 0. The molecule has 11 nitrogen and oxygen atoms in total. The number of carbonyl (C=O) groups is 3. The molecule has 0 aliphatic carbocycles. The average Bonchev–Trinajstić information content (AvgIpc) is 3.25. The SMILES string of the molecule is O=C(O)C(F)(F)F.O=C(O)C(F)(F)F.O=C(O)C(F)(F)F.c1ccc(CN2CCOCC3(CCN(c4ccccn4)C3)C2)nc1. The van der Waals surface area contributed by atoms with Gasteiger partial charge in [0.05, 0.1) is 18.9 Å². The van der Waals surface area contributed by atoms with Crippen LogP contribution in [0.25, 0.3) is 0 Å². The maximum atomic E-state index is 10.6. The summed E-state index contributed by atoms with van der Waals surface area (Å²) in [4.78, 5) is 40.6. The zero-order valence-corrected chi connectivity index (χ0v) is 22.9. The second-order valence-corrected chi connectivity index (χ2v) is 9.35. The number of aromatic nitrogens is 2. The van der Waals surface area contributed by atoms with Gasteiger partial charge in [0.2, 0.25) is 0 Å². The number of pyridine rings is 2. The molecule has 0 aromatic carbocycles. The van der Waals surface area contributed by atoms with E-state index in [4.69, 9.17) is 34.4 Å². The molecule has 252 valence electrons. The topological polar surface area (TPSA) is 153 Å². The van der Waals surface area contributed by atoms with Crippen molar-refractivity contribution in [2.45, 2.75) is 31.5 Å². The summed E-state index contributed by atoms with van der Waals surface area (Å²) in [6, 6.07) is 12.3. The van der Waals surface area contributed by atoms with E-state index in [-0.39, 0.29) is 5.41 Å². The predicted molar refractivity (Wildman–Crippen MR) is 135 cm³/mol. The molecule has 2 fully saturated rings. The number of aliphatic carboxylic acids is 3. The van der Waals surface area contributed by atoms with Crippen molar-refractivity contribution in [2.75, 3.05) is 44.3 Å². The van der Waals surface area contributed by atoms with E-state index in [1.54, 1.807) is 0 Å². The normalized spacial score (nSPS) is 18.6. The number of carboxylic acids is 3. The number of hydrogen-bond acceptors (Lipinski definition) is 8. The van der Waals surface area contributed by atoms with Crippen molar-refractivity contribution in [1.82, 2.24) is 14.9 Å². The molecule has 1 unspecified atom stereocenters. The van der Waals surface area contributed by atoms with Crippen LogP contribution >= 0.6 is 0 Å². The maximum Gasteiger partial charge on any atom is 0.490 e. The Balaban J connectivity index is 0.000000396. The smallest absolute Gasteiger partial charge is 0.475 e. The van der Waals surface area contributed by atoms with Crippen molar-refractivity contribution in [3.05, 3.63) is 54.5 Å². The van der Waals surface area contributed by atoms with Gasteiger partial charge < -0.3 is 25.0 Å². The standard InChI is InChI=1S/C19H24N4O.3C2HF3O2/c1-3-8-20-17(5-1)13-22-11-12-24-16-19(14-22)7-10-23(15-19)18-6-2-4-9-21-18;3*3-2(4,5)1(6)7/h1-6,8-9H,7,10-16H2;3*(H,6,7). The fourth-order valence-electron chi connectivity index (χ4n) is 3.86. The number of nitrogens with zero attached hydrogens (tertiary/aromatic N) is 4. The van der Waals surface area contributed by atoms with Gasteiger partial charge in [-0.1, -0.05) is 12.1 Å². The molecule has 20 heteroatoms. The highest BCUT2D eigenvalue weighted by Gasteiger charge is 2.42. The van der Waals surface area contributed by atoms with Crippen LogP contribution < -0.4 is 4.90 Å². The molecule has 0 amide bonds. The molecule has 45 heavy (non-hydrogen) atoms. The number of anilines is 1. The van der Waals surface area contributed by atoms with Gasteiger partial charge in [0.1, 0.15) is 5.82 Å². The quantitative estimate of drug-likeness (QED) is 0.406. The number of hydrogen-bond donors (Lipinski definition) is 3. The summed E-state index contributed by atoms with van der Waals surface area (Å²) in [5, 5.41) is 21.4. The molecule has 2 aromatic heterocycles. The van der Waals surface area contributed by atoms with E-state index in [9.17, 15) is 39.5 Å². The molecule has 1 atom stereocenters. The van der Waals surface area contributed by atoms with Crippen molar-refractivity contribution < 1.29 is 74.0 Å². The van der Waals surface area contributed by atoms with Gasteiger partial charge in [-0.25, -0.2) is 19.4 Å². The van der Waals surface area contributed by atoms with Crippen LogP contribution in [-0.2, 0) is 25.7 Å². The summed E-state index contributed by atoms with van der Waals surface area (Å²) in [7, 11) is 0.